The highest BCUT2D eigenvalue weighted by Crippen LogP contribution is 2.36. The van der Waals surface area contributed by atoms with Crippen LogP contribution in [0.25, 0.3) is 21.3 Å². The zero-order chi connectivity index (χ0) is 23.0. The van der Waals surface area contributed by atoms with Crippen molar-refractivity contribution < 1.29 is 4.79 Å². The Balaban J connectivity index is 1.80. The van der Waals surface area contributed by atoms with Crippen molar-refractivity contribution in [2.75, 3.05) is 5.32 Å². The molecule has 1 N–H and O–H groups in total. The zero-order valence-corrected chi connectivity index (χ0v) is 20.8. The molecule has 0 aliphatic rings. The number of hydrogen-bond acceptors (Lipinski definition) is 4. The van der Waals surface area contributed by atoms with Crippen molar-refractivity contribution in [2.24, 2.45) is 0 Å². The topological polar surface area (TPSA) is 64.0 Å². The summed E-state index contributed by atoms with van der Waals surface area (Å²) in [7, 11) is 0. The fourth-order valence-electron chi connectivity index (χ4n) is 4.03. The molecule has 7 heteroatoms. The van der Waals surface area contributed by atoms with Gasteiger partial charge in [-0.15, -0.1) is 11.3 Å². The maximum atomic E-state index is 13.6. The van der Waals surface area contributed by atoms with Gasteiger partial charge in [0.15, 0.2) is 0 Å². The van der Waals surface area contributed by atoms with Crippen LogP contribution in [0.15, 0.2) is 58.1 Å². The van der Waals surface area contributed by atoms with Crippen LogP contribution in [0, 0.1) is 20.8 Å². The number of halogens is 1. The first-order chi connectivity index (χ1) is 15.3. The van der Waals surface area contributed by atoms with Gasteiger partial charge >= 0.3 is 0 Å². The average molecular weight is 510 g/mol. The van der Waals surface area contributed by atoms with Gasteiger partial charge in [0.05, 0.1) is 11.7 Å². The molecule has 0 saturated heterocycles. The van der Waals surface area contributed by atoms with E-state index in [1.807, 2.05) is 70.2 Å². The number of amides is 1. The predicted molar refractivity (Wildman–Crippen MR) is 136 cm³/mol. The average Bonchev–Trinajstić information content (AvgIpc) is 3.10. The molecular formula is C25H24BrN3O2S. The molecular weight excluding hydrogens is 486 g/mol. The van der Waals surface area contributed by atoms with Crippen LogP contribution in [-0.2, 0) is 4.79 Å². The minimum absolute atomic E-state index is 0.194. The van der Waals surface area contributed by atoms with E-state index in [0.717, 1.165) is 37.3 Å². The lowest BCUT2D eigenvalue weighted by Gasteiger charge is -2.19. The molecule has 0 aliphatic heterocycles. The summed E-state index contributed by atoms with van der Waals surface area (Å²) in [5, 5.41) is 3.60. The van der Waals surface area contributed by atoms with E-state index >= 15 is 0 Å². The zero-order valence-electron chi connectivity index (χ0n) is 18.4. The van der Waals surface area contributed by atoms with Gasteiger partial charge in [-0.3, -0.25) is 14.2 Å². The van der Waals surface area contributed by atoms with Gasteiger partial charge in [-0.1, -0.05) is 53.2 Å². The Bertz CT molecular complexity index is 1350. The summed E-state index contributed by atoms with van der Waals surface area (Å²) < 4.78 is 2.45. The van der Waals surface area contributed by atoms with E-state index in [0.29, 0.717) is 16.6 Å². The second-order valence-electron chi connectivity index (χ2n) is 7.86. The third-order valence-corrected chi connectivity index (χ3v) is 7.24. The molecule has 1 amide bonds. The number of fused-ring (bicyclic) bond motifs is 1. The second kappa shape index (κ2) is 9.00. The summed E-state index contributed by atoms with van der Waals surface area (Å²) >= 11 is 4.96. The van der Waals surface area contributed by atoms with Gasteiger partial charge in [-0.25, -0.2) is 4.98 Å². The van der Waals surface area contributed by atoms with Crippen LogP contribution in [0.2, 0.25) is 0 Å². The molecule has 0 fully saturated rings. The second-order valence-corrected chi connectivity index (χ2v) is 9.98. The Morgan fingerprint density at radius 2 is 1.78 bits per heavy atom. The number of carbonyl (C=O) groups excluding carboxylic acids is 1. The maximum Gasteiger partial charge on any atom is 0.263 e. The van der Waals surface area contributed by atoms with Crippen LogP contribution >= 0.6 is 27.3 Å². The molecule has 0 aliphatic carbocycles. The largest absolute Gasteiger partial charge is 0.324 e. The molecule has 4 aromatic rings. The van der Waals surface area contributed by atoms with E-state index in [4.69, 9.17) is 0 Å². The molecule has 2 heterocycles. The number of aromatic nitrogens is 2. The molecule has 0 spiro atoms. The first kappa shape index (κ1) is 22.4. The fraction of sp³-hybridized carbons (Fsp3) is 0.240. The minimum Gasteiger partial charge on any atom is -0.324 e. The summed E-state index contributed by atoms with van der Waals surface area (Å²) in [5.41, 5.74) is 4.41. The van der Waals surface area contributed by atoms with E-state index in [1.54, 1.807) is 0 Å². The summed E-state index contributed by atoms with van der Waals surface area (Å²) in [4.78, 5) is 33.1. The Morgan fingerprint density at radius 3 is 2.41 bits per heavy atom. The standard InChI is InChI=1S/C25H24BrN3O2S/c1-5-19(23(30)28-22-14(2)7-6-8-15(22)3)29-13-27-24-21(25(29)31)20(16(4)32-24)17-9-11-18(26)12-10-17/h6-13,19H,5H2,1-4H3,(H,28,30). The number of anilines is 1. The van der Waals surface area contributed by atoms with Crippen LogP contribution in [0.5, 0.6) is 0 Å². The molecule has 0 radical (unpaired) electrons. The van der Waals surface area contributed by atoms with E-state index in [9.17, 15) is 9.59 Å². The van der Waals surface area contributed by atoms with Gasteiger partial charge in [-0.05, 0) is 56.0 Å². The normalized spacial score (nSPS) is 12.2. The van der Waals surface area contributed by atoms with Gasteiger partial charge in [0.2, 0.25) is 5.91 Å². The maximum absolute atomic E-state index is 13.6. The van der Waals surface area contributed by atoms with Crippen LogP contribution in [-0.4, -0.2) is 15.5 Å². The number of benzene rings is 2. The Labute approximate surface area is 199 Å². The lowest BCUT2D eigenvalue weighted by molar-refractivity contribution is -0.119. The molecule has 0 saturated carbocycles. The smallest absolute Gasteiger partial charge is 0.263 e. The Kier molecular flexibility index (Phi) is 6.31. The highest BCUT2D eigenvalue weighted by molar-refractivity contribution is 9.10. The number of nitrogens with zero attached hydrogens (tertiary/aromatic N) is 2. The first-order valence-electron chi connectivity index (χ1n) is 10.4. The van der Waals surface area contributed by atoms with Crippen LogP contribution in [0.3, 0.4) is 0 Å². The molecule has 2 aromatic heterocycles. The minimum atomic E-state index is -0.656. The molecule has 0 bridgehead atoms. The van der Waals surface area contributed by atoms with E-state index in [2.05, 4.69) is 26.2 Å². The van der Waals surface area contributed by atoms with E-state index in [1.165, 1.54) is 22.2 Å². The number of hydrogen-bond donors (Lipinski definition) is 1. The third kappa shape index (κ3) is 4.02. The van der Waals surface area contributed by atoms with Gasteiger partial charge in [0.25, 0.3) is 5.56 Å². The molecule has 1 atom stereocenters. The van der Waals surface area contributed by atoms with Gasteiger partial charge in [0.1, 0.15) is 10.9 Å². The van der Waals surface area contributed by atoms with Crippen molar-refractivity contribution in [2.45, 2.75) is 40.2 Å². The van der Waals surface area contributed by atoms with E-state index in [-0.39, 0.29) is 11.5 Å². The van der Waals surface area contributed by atoms with Crippen LogP contribution < -0.4 is 10.9 Å². The number of aryl methyl sites for hydroxylation is 3. The molecule has 4 rings (SSSR count). The summed E-state index contributed by atoms with van der Waals surface area (Å²) in [6, 6.07) is 13.1. The highest BCUT2D eigenvalue weighted by atomic mass is 79.9. The first-order valence-corrected chi connectivity index (χ1v) is 12.1. The van der Waals surface area contributed by atoms with Gasteiger partial charge in [-0.2, -0.15) is 0 Å². The monoisotopic (exact) mass is 509 g/mol. The third-order valence-electron chi connectivity index (χ3n) is 5.70. The molecule has 32 heavy (non-hydrogen) atoms. The van der Waals surface area contributed by atoms with Crippen molar-refractivity contribution >= 4 is 49.1 Å². The van der Waals surface area contributed by atoms with Crippen molar-refractivity contribution in [3.63, 3.8) is 0 Å². The van der Waals surface area contributed by atoms with Crippen molar-refractivity contribution in [3.05, 3.63) is 79.6 Å². The molecule has 1 unspecified atom stereocenters. The number of carbonyl (C=O) groups is 1. The quantitative estimate of drug-likeness (QED) is 0.338. The Hall–Kier alpha value is -2.77. The number of nitrogens with one attached hydrogen (secondary N) is 1. The fourth-order valence-corrected chi connectivity index (χ4v) is 5.30. The Morgan fingerprint density at radius 1 is 1.12 bits per heavy atom. The summed E-state index contributed by atoms with van der Waals surface area (Å²) in [6.45, 7) is 7.82. The molecule has 2 aromatic carbocycles. The van der Waals surface area contributed by atoms with Gasteiger partial charge in [0, 0.05) is 20.6 Å². The molecule has 164 valence electrons. The lowest BCUT2D eigenvalue weighted by atomic mass is 10.0. The number of rotatable bonds is 5. The highest BCUT2D eigenvalue weighted by Gasteiger charge is 2.24. The van der Waals surface area contributed by atoms with Crippen LogP contribution in [0.1, 0.15) is 35.4 Å². The SMILES string of the molecule is CCC(C(=O)Nc1c(C)cccc1C)n1cnc2sc(C)c(-c3ccc(Br)cc3)c2c1=O. The van der Waals surface area contributed by atoms with Crippen molar-refractivity contribution in [1.29, 1.82) is 0 Å². The van der Waals surface area contributed by atoms with E-state index < -0.39 is 6.04 Å². The van der Waals surface area contributed by atoms with Crippen LogP contribution in [0.4, 0.5) is 5.69 Å². The number of para-hydroxylation sites is 1. The summed E-state index contributed by atoms with van der Waals surface area (Å²) in [6.07, 6.45) is 1.98. The lowest BCUT2D eigenvalue weighted by Crippen LogP contribution is -2.33. The number of thiophene rings is 1. The molecule has 5 nitrogen and oxygen atoms in total. The van der Waals surface area contributed by atoms with Gasteiger partial charge < -0.3 is 5.32 Å². The summed E-state index contributed by atoms with van der Waals surface area (Å²) in [5.74, 6) is -0.217. The van der Waals surface area contributed by atoms with Crippen molar-refractivity contribution in [1.82, 2.24) is 9.55 Å². The van der Waals surface area contributed by atoms with Crippen molar-refractivity contribution in [3.8, 4) is 11.1 Å². The predicted octanol–water partition coefficient (Wildman–Crippen LogP) is 6.40.